The number of hydrogen-bond acceptors (Lipinski definition) is 2. The van der Waals surface area contributed by atoms with Gasteiger partial charge < -0.3 is 9.88 Å². The Labute approximate surface area is 117 Å². The van der Waals surface area contributed by atoms with Crippen LogP contribution in [0.15, 0.2) is 6.20 Å². The molecule has 0 amide bonds. The van der Waals surface area contributed by atoms with E-state index in [-0.39, 0.29) is 0 Å². The van der Waals surface area contributed by atoms with E-state index in [0.717, 1.165) is 30.0 Å². The van der Waals surface area contributed by atoms with E-state index in [4.69, 9.17) is 0 Å². The number of aromatic nitrogens is 2. The lowest BCUT2D eigenvalue weighted by molar-refractivity contribution is 0.187. The highest BCUT2D eigenvalue weighted by Crippen LogP contribution is 2.39. The third kappa shape index (κ3) is 3.31. The molecule has 1 fully saturated rings. The first-order valence-corrected chi connectivity index (χ1v) is 7.92. The summed E-state index contributed by atoms with van der Waals surface area (Å²) in [6.07, 6.45) is 8.69. The van der Waals surface area contributed by atoms with E-state index in [0.29, 0.717) is 6.04 Å². The highest BCUT2D eigenvalue weighted by atomic mass is 15.2. The van der Waals surface area contributed by atoms with Crippen molar-refractivity contribution in [1.29, 1.82) is 0 Å². The summed E-state index contributed by atoms with van der Waals surface area (Å²) >= 11 is 0. The topological polar surface area (TPSA) is 29.9 Å². The molecule has 1 aliphatic carbocycles. The number of aryl methyl sites for hydroxylation is 1. The fourth-order valence-corrected chi connectivity index (χ4v) is 3.22. The van der Waals surface area contributed by atoms with E-state index in [9.17, 15) is 0 Å². The van der Waals surface area contributed by atoms with Crippen LogP contribution in [0.4, 0.5) is 5.95 Å². The van der Waals surface area contributed by atoms with Crippen LogP contribution in [0, 0.1) is 18.8 Å². The Hall–Kier alpha value is -0.990. The van der Waals surface area contributed by atoms with Gasteiger partial charge in [-0.05, 0) is 31.6 Å². The maximum absolute atomic E-state index is 4.67. The molecule has 0 radical (unpaired) electrons. The second kappa shape index (κ2) is 6.44. The molecule has 0 aliphatic heterocycles. The molecule has 3 nitrogen and oxygen atoms in total. The number of anilines is 1. The predicted octanol–water partition coefficient (Wildman–Crippen LogP) is 4.40. The molecule has 1 aromatic heterocycles. The summed E-state index contributed by atoms with van der Waals surface area (Å²) in [5.74, 6) is 2.65. The van der Waals surface area contributed by atoms with Crippen LogP contribution in [-0.4, -0.2) is 16.1 Å². The molecule has 108 valence electrons. The molecule has 1 aromatic rings. The number of rotatable bonds is 5. The van der Waals surface area contributed by atoms with Crippen molar-refractivity contribution in [2.45, 2.75) is 65.8 Å². The minimum atomic E-state index is 0.620. The predicted molar refractivity (Wildman–Crippen MR) is 81.6 cm³/mol. The molecule has 3 atom stereocenters. The molecular formula is C16H29N3. The summed E-state index contributed by atoms with van der Waals surface area (Å²) in [5, 5.41) is 3.52. The highest BCUT2D eigenvalue weighted by Gasteiger charge is 2.29. The van der Waals surface area contributed by atoms with Crippen LogP contribution < -0.4 is 5.32 Å². The molecule has 1 N–H and O–H groups in total. The van der Waals surface area contributed by atoms with Crippen molar-refractivity contribution in [2.24, 2.45) is 11.8 Å². The molecule has 0 saturated heterocycles. The van der Waals surface area contributed by atoms with Crippen molar-refractivity contribution in [1.82, 2.24) is 9.55 Å². The van der Waals surface area contributed by atoms with Crippen LogP contribution in [0.5, 0.6) is 0 Å². The van der Waals surface area contributed by atoms with Crippen molar-refractivity contribution in [3.8, 4) is 0 Å². The average molecular weight is 263 g/mol. The summed E-state index contributed by atoms with van der Waals surface area (Å²) in [6.45, 7) is 10.1. The lowest BCUT2D eigenvalue weighted by atomic mass is 9.78. The lowest BCUT2D eigenvalue weighted by Gasteiger charge is -2.35. The summed E-state index contributed by atoms with van der Waals surface area (Å²) in [6, 6.07) is 0.620. The second-order valence-electron chi connectivity index (χ2n) is 6.23. The Kier molecular flexibility index (Phi) is 4.89. The third-order valence-corrected chi connectivity index (χ3v) is 4.69. The van der Waals surface area contributed by atoms with Gasteiger partial charge >= 0.3 is 0 Å². The fraction of sp³-hybridized carbons (Fsp3) is 0.812. The first-order valence-electron chi connectivity index (χ1n) is 7.92. The zero-order valence-electron chi connectivity index (χ0n) is 12.9. The Bertz CT molecular complexity index is 397. The van der Waals surface area contributed by atoms with Gasteiger partial charge in [0.1, 0.15) is 0 Å². The van der Waals surface area contributed by atoms with E-state index in [1.54, 1.807) is 0 Å². The van der Waals surface area contributed by atoms with E-state index in [1.165, 1.54) is 32.1 Å². The monoisotopic (exact) mass is 263 g/mol. The van der Waals surface area contributed by atoms with Gasteiger partial charge in [0.2, 0.25) is 5.95 Å². The molecule has 1 aliphatic rings. The molecule has 3 unspecified atom stereocenters. The van der Waals surface area contributed by atoms with Gasteiger partial charge in [0.15, 0.2) is 0 Å². The SMILES string of the molecule is CCCCNc1nc(C)cn1C1CCCC(C)C1C. The molecule has 3 heteroatoms. The van der Waals surface area contributed by atoms with Gasteiger partial charge in [-0.25, -0.2) is 4.98 Å². The van der Waals surface area contributed by atoms with Crippen molar-refractivity contribution in [3.63, 3.8) is 0 Å². The summed E-state index contributed by atoms with van der Waals surface area (Å²) in [4.78, 5) is 4.67. The van der Waals surface area contributed by atoms with Crippen LogP contribution in [0.1, 0.15) is 64.6 Å². The zero-order valence-corrected chi connectivity index (χ0v) is 12.9. The Morgan fingerprint density at radius 1 is 1.37 bits per heavy atom. The largest absolute Gasteiger partial charge is 0.356 e. The number of nitrogens with one attached hydrogen (secondary N) is 1. The molecule has 2 rings (SSSR count). The first-order chi connectivity index (χ1) is 9.13. The molecule has 0 spiro atoms. The van der Waals surface area contributed by atoms with Crippen molar-refractivity contribution in [2.75, 3.05) is 11.9 Å². The number of imidazole rings is 1. The van der Waals surface area contributed by atoms with Crippen molar-refractivity contribution < 1.29 is 0 Å². The number of nitrogens with zero attached hydrogens (tertiary/aromatic N) is 2. The third-order valence-electron chi connectivity index (χ3n) is 4.69. The van der Waals surface area contributed by atoms with Gasteiger partial charge in [0, 0.05) is 18.8 Å². The van der Waals surface area contributed by atoms with E-state index >= 15 is 0 Å². The fourth-order valence-electron chi connectivity index (χ4n) is 3.22. The molecule has 1 saturated carbocycles. The van der Waals surface area contributed by atoms with Crippen LogP contribution in [0.3, 0.4) is 0 Å². The van der Waals surface area contributed by atoms with Gasteiger partial charge in [-0.1, -0.05) is 40.0 Å². The summed E-state index contributed by atoms with van der Waals surface area (Å²) in [5.41, 5.74) is 1.13. The molecule has 1 heterocycles. The standard InChI is InChI=1S/C16H29N3/c1-5-6-10-17-16-18-13(3)11-19(16)15-9-7-8-12(2)14(15)4/h11-12,14-15H,5-10H2,1-4H3,(H,17,18). The minimum Gasteiger partial charge on any atom is -0.356 e. The maximum atomic E-state index is 4.67. The Balaban J connectivity index is 2.13. The molecule has 0 aromatic carbocycles. The van der Waals surface area contributed by atoms with Crippen LogP contribution in [-0.2, 0) is 0 Å². The highest BCUT2D eigenvalue weighted by molar-refractivity contribution is 5.29. The lowest BCUT2D eigenvalue weighted by Crippen LogP contribution is -2.27. The molecular weight excluding hydrogens is 234 g/mol. The van der Waals surface area contributed by atoms with Gasteiger partial charge in [-0.15, -0.1) is 0 Å². The van der Waals surface area contributed by atoms with Crippen LogP contribution >= 0.6 is 0 Å². The van der Waals surface area contributed by atoms with Crippen molar-refractivity contribution >= 4 is 5.95 Å². The normalized spacial score (nSPS) is 27.5. The second-order valence-corrected chi connectivity index (χ2v) is 6.23. The number of hydrogen-bond donors (Lipinski definition) is 1. The Morgan fingerprint density at radius 2 is 2.16 bits per heavy atom. The zero-order chi connectivity index (χ0) is 13.8. The molecule has 0 bridgehead atoms. The van der Waals surface area contributed by atoms with Crippen LogP contribution in [0.25, 0.3) is 0 Å². The smallest absolute Gasteiger partial charge is 0.203 e. The van der Waals surface area contributed by atoms with E-state index < -0.39 is 0 Å². The quantitative estimate of drug-likeness (QED) is 0.798. The average Bonchev–Trinajstić information content (AvgIpc) is 2.74. The summed E-state index contributed by atoms with van der Waals surface area (Å²) < 4.78 is 2.41. The Morgan fingerprint density at radius 3 is 2.89 bits per heavy atom. The van der Waals surface area contributed by atoms with E-state index in [2.05, 4.69) is 48.8 Å². The van der Waals surface area contributed by atoms with Gasteiger partial charge in [0.25, 0.3) is 0 Å². The first kappa shape index (κ1) is 14.4. The molecule has 19 heavy (non-hydrogen) atoms. The van der Waals surface area contributed by atoms with Gasteiger partial charge in [0.05, 0.1) is 5.69 Å². The van der Waals surface area contributed by atoms with E-state index in [1.807, 2.05) is 0 Å². The van der Waals surface area contributed by atoms with Crippen LogP contribution in [0.2, 0.25) is 0 Å². The van der Waals surface area contributed by atoms with Gasteiger partial charge in [-0.3, -0.25) is 0 Å². The maximum Gasteiger partial charge on any atom is 0.203 e. The van der Waals surface area contributed by atoms with Gasteiger partial charge in [-0.2, -0.15) is 0 Å². The van der Waals surface area contributed by atoms with Crippen molar-refractivity contribution in [3.05, 3.63) is 11.9 Å². The number of unbranched alkanes of at least 4 members (excludes halogenated alkanes) is 1. The minimum absolute atomic E-state index is 0.620. The summed E-state index contributed by atoms with van der Waals surface area (Å²) in [7, 11) is 0.